The molecule has 0 spiro atoms. The molecule has 1 unspecified atom stereocenters. The molecule has 1 N–H and O–H groups in total. The second-order valence-corrected chi connectivity index (χ2v) is 6.27. The Hall–Kier alpha value is -1.30. The van der Waals surface area contributed by atoms with Crippen LogP contribution in [0.1, 0.15) is 33.6 Å². The first-order valence-electron chi connectivity index (χ1n) is 6.74. The van der Waals surface area contributed by atoms with E-state index in [0.29, 0.717) is 19.5 Å². The smallest absolute Gasteiger partial charge is 0.410 e. The molecule has 2 heterocycles. The van der Waals surface area contributed by atoms with E-state index in [2.05, 4.69) is 0 Å². The third kappa shape index (κ3) is 3.18. The SMILES string of the molecule is CC(C)(C)OC(=O)N1CC(N2CCCC2C(=O)O)C1. The van der Waals surface area contributed by atoms with Gasteiger partial charge in [-0.15, -0.1) is 0 Å². The van der Waals surface area contributed by atoms with Crippen molar-refractivity contribution in [2.45, 2.75) is 51.3 Å². The Kier molecular flexibility index (Phi) is 3.71. The number of carbonyl (C=O) groups is 2. The third-order valence-corrected chi connectivity index (χ3v) is 3.56. The molecule has 0 aliphatic carbocycles. The number of hydrogen-bond donors (Lipinski definition) is 1. The molecule has 2 fully saturated rings. The van der Waals surface area contributed by atoms with E-state index in [9.17, 15) is 9.59 Å². The van der Waals surface area contributed by atoms with E-state index in [-0.39, 0.29) is 18.2 Å². The summed E-state index contributed by atoms with van der Waals surface area (Å²) < 4.78 is 5.28. The number of hydrogen-bond acceptors (Lipinski definition) is 4. The maximum Gasteiger partial charge on any atom is 0.410 e. The van der Waals surface area contributed by atoms with Crippen LogP contribution in [0.3, 0.4) is 0 Å². The molecule has 2 rings (SSSR count). The van der Waals surface area contributed by atoms with Crippen LogP contribution in [0.25, 0.3) is 0 Å². The van der Waals surface area contributed by atoms with Crippen molar-refractivity contribution in [1.82, 2.24) is 9.80 Å². The van der Waals surface area contributed by atoms with Gasteiger partial charge in [-0.25, -0.2) is 4.79 Å². The first-order valence-corrected chi connectivity index (χ1v) is 6.74. The van der Waals surface area contributed by atoms with Crippen molar-refractivity contribution in [3.63, 3.8) is 0 Å². The lowest BCUT2D eigenvalue weighted by atomic mass is 10.1. The highest BCUT2D eigenvalue weighted by Gasteiger charge is 2.43. The van der Waals surface area contributed by atoms with Crippen LogP contribution in [-0.2, 0) is 9.53 Å². The Morgan fingerprint density at radius 1 is 1.26 bits per heavy atom. The van der Waals surface area contributed by atoms with Gasteiger partial charge < -0.3 is 14.7 Å². The van der Waals surface area contributed by atoms with Crippen molar-refractivity contribution < 1.29 is 19.4 Å². The Morgan fingerprint density at radius 3 is 2.42 bits per heavy atom. The summed E-state index contributed by atoms with van der Waals surface area (Å²) in [5.41, 5.74) is -0.487. The van der Waals surface area contributed by atoms with Gasteiger partial charge in [0.2, 0.25) is 0 Å². The number of rotatable bonds is 2. The largest absolute Gasteiger partial charge is 0.480 e. The van der Waals surface area contributed by atoms with Crippen molar-refractivity contribution in [3.8, 4) is 0 Å². The van der Waals surface area contributed by atoms with E-state index >= 15 is 0 Å². The fourth-order valence-electron chi connectivity index (χ4n) is 2.63. The van der Waals surface area contributed by atoms with Crippen LogP contribution in [0.2, 0.25) is 0 Å². The molecule has 1 atom stereocenters. The summed E-state index contributed by atoms with van der Waals surface area (Å²) in [6.07, 6.45) is 1.31. The fourth-order valence-corrected chi connectivity index (χ4v) is 2.63. The first-order chi connectivity index (χ1) is 8.78. The van der Waals surface area contributed by atoms with E-state index < -0.39 is 11.6 Å². The van der Waals surface area contributed by atoms with Crippen LogP contribution in [0.5, 0.6) is 0 Å². The van der Waals surface area contributed by atoms with Gasteiger partial charge in [0.1, 0.15) is 11.6 Å². The number of carboxylic acids is 1. The molecule has 108 valence electrons. The molecule has 0 bridgehead atoms. The number of carbonyl (C=O) groups excluding carboxylic acids is 1. The van der Waals surface area contributed by atoms with Crippen molar-refractivity contribution >= 4 is 12.1 Å². The summed E-state index contributed by atoms with van der Waals surface area (Å²) in [6, 6.07) is -0.220. The van der Waals surface area contributed by atoms with Gasteiger partial charge in [-0.3, -0.25) is 9.69 Å². The maximum atomic E-state index is 11.8. The summed E-state index contributed by atoms with van der Waals surface area (Å²) >= 11 is 0. The van der Waals surface area contributed by atoms with E-state index in [1.165, 1.54) is 0 Å². The van der Waals surface area contributed by atoms with Crippen LogP contribution >= 0.6 is 0 Å². The highest BCUT2D eigenvalue weighted by Crippen LogP contribution is 2.26. The summed E-state index contributed by atoms with van der Waals surface area (Å²) in [7, 11) is 0. The lowest BCUT2D eigenvalue weighted by Crippen LogP contribution is -2.63. The quantitative estimate of drug-likeness (QED) is 0.815. The highest BCUT2D eigenvalue weighted by molar-refractivity contribution is 5.74. The number of amides is 1. The molecule has 0 radical (unpaired) electrons. The van der Waals surface area contributed by atoms with Gasteiger partial charge >= 0.3 is 12.1 Å². The van der Waals surface area contributed by atoms with Gasteiger partial charge in [0, 0.05) is 19.1 Å². The molecular formula is C13H22N2O4. The van der Waals surface area contributed by atoms with Gasteiger partial charge in [0.25, 0.3) is 0 Å². The van der Waals surface area contributed by atoms with Crippen molar-refractivity contribution in [3.05, 3.63) is 0 Å². The van der Waals surface area contributed by atoms with E-state index in [1.54, 1.807) is 4.90 Å². The lowest BCUT2D eigenvalue weighted by Gasteiger charge is -2.45. The molecule has 0 aromatic carbocycles. The highest BCUT2D eigenvalue weighted by atomic mass is 16.6. The van der Waals surface area contributed by atoms with Gasteiger partial charge in [-0.1, -0.05) is 0 Å². The summed E-state index contributed by atoms with van der Waals surface area (Å²) in [5.74, 6) is -0.756. The Labute approximate surface area is 113 Å². The van der Waals surface area contributed by atoms with Crippen molar-refractivity contribution in [1.29, 1.82) is 0 Å². The molecular weight excluding hydrogens is 248 g/mol. The summed E-state index contributed by atoms with van der Waals surface area (Å²) in [5, 5.41) is 9.13. The molecule has 19 heavy (non-hydrogen) atoms. The minimum atomic E-state index is -0.756. The number of ether oxygens (including phenoxy) is 1. The Morgan fingerprint density at radius 2 is 1.89 bits per heavy atom. The fraction of sp³-hybridized carbons (Fsp3) is 0.846. The van der Waals surface area contributed by atoms with Crippen LogP contribution < -0.4 is 0 Å². The second-order valence-electron chi connectivity index (χ2n) is 6.27. The van der Waals surface area contributed by atoms with Gasteiger partial charge in [0.15, 0.2) is 0 Å². The van der Waals surface area contributed by atoms with Crippen LogP contribution in [0.15, 0.2) is 0 Å². The molecule has 6 nitrogen and oxygen atoms in total. The molecule has 2 saturated heterocycles. The standard InChI is InChI=1S/C13H22N2O4/c1-13(2,3)19-12(18)14-7-9(8-14)15-6-4-5-10(15)11(16)17/h9-10H,4-8H2,1-3H3,(H,16,17). The lowest BCUT2D eigenvalue weighted by molar-refractivity contribution is -0.144. The average Bonchev–Trinajstić information content (AvgIpc) is 2.60. The minimum Gasteiger partial charge on any atom is -0.480 e. The number of carboxylic acid groups (broad SMARTS) is 1. The molecule has 1 amide bonds. The minimum absolute atomic E-state index is 0.163. The predicted molar refractivity (Wildman–Crippen MR) is 69.0 cm³/mol. The maximum absolute atomic E-state index is 11.8. The monoisotopic (exact) mass is 270 g/mol. The van der Waals surface area contributed by atoms with Crippen molar-refractivity contribution in [2.24, 2.45) is 0 Å². The third-order valence-electron chi connectivity index (χ3n) is 3.56. The zero-order valence-electron chi connectivity index (χ0n) is 11.8. The average molecular weight is 270 g/mol. The topological polar surface area (TPSA) is 70.1 Å². The molecule has 6 heteroatoms. The molecule has 2 aliphatic heterocycles. The van der Waals surface area contributed by atoms with E-state index in [4.69, 9.17) is 9.84 Å². The Balaban J connectivity index is 1.83. The second kappa shape index (κ2) is 5.00. The van der Waals surface area contributed by atoms with Gasteiger partial charge in [-0.2, -0.15) is 0 Å². The van der Waals surface area contributed by atoms with E-state index in [1.807, 2.05) is 25.7 Å². The number of nitrogens with zero attached hydrogens (tertiary/aromatic N) is 2. The molecule has 0 aromatic rings. The number of aliphatic carboxylic acids is 1. The first kappa shape index (κ1) is 14.1. The van der Waals surface area contributed by atoms with Crippen LogP contribution in [0, 0.1) is 0 Å². The van der Waals surface area contributed by atoms with Crippen molar-refractivity contribution in [2.75, 3.05) is 19.6 Å². The van der Waals surface area contributed by atoms with Gasteiger partial charge in [-0.05, 0) is 40.2 Å². The summed E-state index contributed by atoms with van der Waals surface area (Å²) in [4.78, 5) is 26.5. The van der Waals surface area contributed by atoms with Gasteiger partial charge in [0.05, 0.1) is 0 Å². The normalized spacial score (nSPS) is 25.2. The molecule has 0 aromatic heterocycles. The van der Waals surface area contributed by atoms with E-state index in [0.717, 1.165) is 13.0 Å². The zero-order chi connectivity index (χ0) is 14.2. The zero-order valence-corrected chi connectivity index (χ0v) is 11.8. The predicted octanol–water partition coefficient (Wildman–Crippen LogP) is 1.15. The van der Waals surface area contributed by atoms with Crippen LogP contribution in [0.4, 0.5) is 4.79 Å². The number of likely N-dealkylation sites (tertiary alicyclic amines) is 2. The Bertz CT molecular complexity index is 371. The summed E-state index contributed by atoms with van der Waals surface area (Å²) in [6.45, 7) is 7.45. The molecule has 2 aliphatic rings. The van der Waals surface area contributed by atoms with Crippen LogP contribution in [-0.4, -0.2) is 64.3 Å². The molecule has 0 saturated carbocycles.